The van der Waals surface area contributed by atoms with Crippen molar-refractivity contribution in [3.05, 3.63) is 47.7 Å². The van der Waals surface area contributed by atoms with Gasteiger partial charge in [-0.05, 0) is 44.0 Å². The van der Waals surface area contributed by atoms with Gasteiger partial charge in [-0.3, -0.25) is 0 Å². The summed E-state index contributed by atoms with van der Waals surface area (Å²) >= 11 is 0. The molecule has 0 radical (unpaired) electrons. The number of nitrogens with one attached hydrogen (secondary N) is 1. The fourth-order valence-electron chi connectivity index (χ4n) is 2.11. The van der Waals surface area contributed by atoms with Crippen LogP contribution >= 0.6 is 0 Å². The zero-order valence-corrected chi connectivity index (χ0v) is 12.1. The molecule has 2 nitrogen and oxygen atoms in total. The highest BCUT2D eigenvalue weighted by Crippen LogP contribution is 2.25. The van der Waals surface area contributed by atoms with E-state index in [0.717, 1.165) is 36.5 Å². The van der Waals surface area contributed by atoms with Gasteiger partial charge in [-0.1, -0.05) is 38.1 Å². The summed E-state index contributed by atoms with van der Waals surface area (Å²) < 4.78 is 5.94. The van der Waals surface area contributed by atoms with E-state index in [-0.39, 0.29) is 6.04 Å². The van der Waals surface area contributed by atoms with Crippen LogP contribution in [0, 0.1) is 0 Å². The molecule has 0 fully saturated rings. The van der Waals surface area contributed by atoms with Crippen LogP contribution < -0.4 is 5.32 Å². The van der Waals surface area contributed by atoms with Crippen molar-refractivity contribution in [1.82, 2.24) is 5.32 Å². The van der Waals surface area contributed by atoms with Crippen LogP contribution in [0.2, 0.25) is 0 Å². The average molecular weight is 257 g/mol. The molecule has 2 aromatic rings. The quantitative estimate of drug-likeness (QED) is 0.820. The fraction of sp³-hybridized carbons (Fsp3) is 0.412. The predicted octanol–water partition coefficient (Wildman–Crippen LogP) is 4.57. The molecule has 0 amide bonds. The Balaban J connectivity index is 2.11. The first-order valence-corrected chi connectivity index (χ1v) is 7.17. The summed E-state index contributed by atoms with van der Waals surface area (Å²) in [6.45, 7) is 7.49. The lowest BCUT2D eigenvalue weighted by molar-refractivity contribution is 0.439. The van der Waals surface area contributed by atoms with Crippen LogP contribution in [-0.2, 0) is 6.42 Å². The molecular formula is C17H23NO. The van der Waals surface area contributed by atoms with Crippen LogP contribution in [0.15, 0.2) is 40.8 Å². The third-order valence-corrected chi connectivity index (χ3v) is 3.40. The second-order valence-electron chi connectivity index (χ2n) is 4.93. The highest BCUT2D eigenvalue weighted by atomic mass is 16.3. The molecule has 1 aromatic heterocycles. The number of aryl methyl sites for hydroxylation is 1. The normalized spacial score (nSPS) is 12.6. The lowest BCUT2D eigenvalue weighted by Gasteiger charge is -2.09. The van der Waals surface area contributed by atoms with Crippen molar-refractivity contribution >= 4 is 0 Å². The van der Waals surface area contributed by atoms with Gasteiger partial charge in [0.2, 0.25) is 0 Å². The van der Waals surface area contributed by atoms with E-state index in [2.05, 4.69) is 62.5 Å². The van der Waals surface area contributed by atoms with E-state index in [9.17, 15) is 0 Å². The Labute approximate surface area is 115 Å². The van der Waals surface area contributed by atoms with E-state index in [1.54, 1.807) is 0 Å². The lowest BCUT2D eigenvalue weighted by atomic mass is 10.1. The molecule has 1 N–H and O–H groups in total. The minimum atomic E-state index is 0.267. The Bertz CT molecular complexity index is 498. The van der Waals surface area contributed by atoms with Gasteiger partial charge in [0.25, 0.3) is 0 Å². The molecule has 0 bridgehead atoms. The van der Waals surface area contributed by atoms with Crippen LogP contribution in [-0.4, -0.2) is 6.54 Å². The van der Waals surface area contributed by atoms with Crippen LogP contribution in [0.4, 0.5) is 0 Å². The van der Waals surface area contributed by atoms with E-state index >= 15 is 0 Å². The van der Waals surface area contributed by atoms with Crippen molar-refractivity contribution in [2.45, 2.75) is 39.7 Å². The summed E-state index contributed by atoms with van der Waals surface area (Å²) in [6, 6.07) is 13.0. The third kappa shape index (κ3) is 3.48. The molecule has 0 spiro atoms. The Kier molecular flexibility index (Phi) is 4.80. The Morgan fingerprint density at radius 3 is 2.42 bits per heavy atom. The molecule has 1 unspecified atom stereocenters. The summed E-state index contributed by atoms with van der Waals surface area (Å²) in [5.74, 6) is 1.95. The van der Waals surface area contributed by atoms with Gasteiger partial charge in [-0.2, -0.15) is 0 Å². The molecular weight excluding hydrogens is 234 g/mol. The maximum absolute atomic E-state index is 5.94. The lowest BCUT2D eigenvalue weighted by Crippen LogP contribution is -2.18. The minimum Gasteiger partial charge on any atom is -0.459 e. The molecule has 0 aliphatic heterocycles. The van der Waals surface area contributed by atoms with Crippen molar-refractivity contribution in [1.29, 1.82) is 0 Å². The third-order valence-electron chi connectivity index (χ3n) is 3.40. The largest absolute Gasteiger partial charge is 0.459 e. The van der Waals surface area contributed by atoms with Crippen molar-refractivity contribution < 1.29 is 4.42 Å². The summed E-state index contributed by atoms with van der Waals surface area (Å²) in [4.78, 5) is 0. The molecule has 1 aromatic carbocycles. The number of rotatable bonds is 6. The summed E-state index contributed by atoms with van der Waals surface area (Å²) in [5, 5.41) is 3.44. The van der Waals surface area contributed by atoms with Crippen LogP contribution in [0.25, 0.3) is 11.3 Å². The molecule has 0 aliphatic carbocycles. The molecule has 102 valence electrons. The number of furan rings is 1. The van der Waals surface area contributed by atoms with Crippen LogP contribution in [0.5, 0.6) is 0 Å². The molecule has 0 aliphatic rings. The second kappa shape index (κ2) is 6.58. The molecule has 1 heterocycles. The highest BCUT2D eigenvalue weighted by Gasteiger charge is 2.10. The first-order chi connectivity index (χ1) is 9.24. The Morgan fingerprint density at radius 1 is 1.05 bits per heavy atom. The second-order valence-corrected chi connectivity index (χ2v) is 4.93. The summed E-state index contributed by atoms with van der Waals surface area (Å²) in [7, 11) is 0. The van der Waals surface area contributed by atoms with Crippen molar-refractivity contribution in [2.24, 2.45) is 0 Å². The molecule has 2 heteroatoms. The van der Waals surface area contributed by atoms with E-state index < -0.39 is 0 Å². The minimum absolute atomic E-state index is 0.267. The molecule has 19 heavy (non-hydrogen) atoms. The molecule has 0 saturated carbocycles. The number of hydrogen-bond acceptors (Lipinski definition) is 2. The van der Waals surface area contributed by atoms with Gasteiger partial charge in [0.1, 0.15) is 11.5 Å². The van der Waals surface area contributed by atoms with Gasteiger partial charge in [0.15, 0.2) is 0 Å². The molecule has 0 saturated heterocycles. The smallest absolute Gasteiger partial charge is 0.134 e. The van der Waals surface area contributed by atoms with Crippen molar-refractivity contribution in [3.8, 4) is 11.3 Å². The van der Waals surface area contributed by atoms with Gasteiger partial charge >= 0.3 is 0 Å². The zero-order valence-electron chi connectivity index (χ0n) is 12.1. The summed E-state index contributed by atoms with van der Waals surface area (Å²) in [5.41, 5.74) is 2.50. The Morgan fingerprint density at radius 2 is 1.79 bits per heavy atom. The van der Waals surface area contributed by atoms with Crippen LogP contribution in [0.3, 0.4) is 0 Å². The maximum Gasteiger partial charge on any atom is 0.134 e. The van der Waals surface area contributed by atoms with E-state index in [4.69, 9.17) is 4.42 Å². The number of benzene rings is 1. The number of hydrogen-bond donors (Lipinski definition) is 1. The maximum atomic E-state index is 5.94. The van der Waals surface area contributed by atoms with E-state index in [1.807, 2.05) is 0 Å². The molecule has 2 rings (SSSR count). The van der Waals surface area contributed by atoms with Gasteiger partial charge in [-0.25, -0.2) is 0 Å². The molecule has 1 atom stereocenters. The zero-order chi connectivity index (χ0) is 13.7. The fourth-order valence-corrected chi connectivity index (χ4v) is 2.11. The van der Waals surface area contributed by atoms with Gasteiger partial charge in [-0.15, -0.1) is 0 Å². The van der Waals surface area contributed by atoms with Gasteiger partial charge < -0.3 is 9.73 Å². The Hall–Kier alpha value is -1.54. The van der Waals surface area contributed by atoms with Crippen molar-refractivity contribution in [3.63, 3.8) is 0 Å². The SMILES string of the molecule is CCCNC(C)c1ccc(-c2ccc(CC)cc2)o1. The standard InChI is InChI=1S/C17H23NO/c1-4-12-18-13(3)16-10-11-17(19-16)15-8-6-14(5-2)7-9-15/h6-11,13,18H,4-5,12H2,1-3H3. The average Bonchev–Trinajstić information content (AvgIpc) is 2.94. The van der Waals surface area contributed by atoms with Crippen molar-refractivity contribution in [2.75, 3.05) is 6.54 Å². The monoisotopic (exact) mass is 257 g/mol. The van der Waals surface area contributed by atoms with E-state index in [1.165, 1.54) is 5.56 Å². The van der Waals surface area contributed by atoms with Gasteiger partial charge in [0.05, 0.1) is 6.04 Å². The topological polar surface area (TPSA) is 25.2 Å². The van der Waals surface area contributed by atoms with Gasteiger partial charge in [0, 0.05) is 5.56 Å². The first-order valence-electron chi connectivity index (χ1n) is 7.17. The first kappa shape index (κ1) is 13.9. The summed E-state index contributed by atoms with van der Waals surface area (Å²) in [6.07, 6.45) is 2.21. The van der Waals surface area contributed by atoms with Crippen LogP contribution in [0.1, 0.15) is 44.6 Å². The van der Waals surface area contributed by atoms with E-state index in [0.29, 0.717) is 0 Å². The highest BCUT2D eigenvalue weighted by molar-refractivity contribution is 5.58. The predicted molar refractivity (Wildman–Crippen MR) is 80.2 cm³/mol.